The van der Waals surface area contributed by atoms with Crippen molar-refractivity contribution in [2.24, 2.45) is 10.8 Å². The summed E-state index contributed by atoms with van der Waals surface area (Å²) in [6, 6.07) is 20.5. The molecule has 3 aromatic carbocycles. The van der Waals surface area contributed by atoms with Crippen molar-refractivity contribution in [3.8, 4) is 11.3 Å². The minimum atomic E-state index is -0.337. The number of aliphatic hydroxyl groups is 1. The van der Waals surface area contributed by atoms with Gasteiger partial charge in [0.05, 0.1) is 11.9 Å². The third-order valence-electron chi connectivity index (χ3n) is 12.3. The predicted octanol–water partition coefficient (Wildman–Crippen LogP) is 13.6. The fourth-order valence-corrected chi connectivity index (χ4v) is 8.90. The maximum Gasteiger partial charge on any atom is 0.164 e. The Labute approximate surface area is 331 Å². The summed E-state index contributed by atoms with van der Waals surface area (Å²) in [5.74, 6) is 1.02. The Morgan fingerprint density at radius 3 is 2.02 bits per heavy atom. The Hall–Kier alpha value is -3.11. The molecule has 3 nitrogen and oxygen atoms in total. The van der Waals surface area contributed by atoms with Gasteiger partial charge in [-0.3, -0.25) is 4.79 Å². The van der Waals surface area contributed by atoms with Crippen molar-refractivity contribution < 1.29 is 34.6 Å². The SMILES string of the molecule is CCC(C)(CC)C(=O)/C=C(\O)C(C)(CC)CC.[CH2-]c1c(-c2c3sc4cc(C5CCCC5)ccc4c3cc[n+]2[CH2-])cc(C(C)(C)C)c2ccccc12.[Ir]. The van der Waals surface area contributed by atoms with Crippen LogP contribution in [0.5, 0.6) is 0 Å². The average Bonchev–Trinajstić information content (AvgIpc) is 3.79. The average molecular weight is 895 g/mol. The Bertz CT molecular complexity index is 2070. The van der Waals surface area contributed by atoms with Crippen LogP contribution < -0.4 is 4.57 Å². The van der Waals surface area contributed by atoms with E-state index in [2.05, 4.69) is 95.5 Å². The van der Waals surface area contributed by atoms with Crippen LogP contribution in [-0.4, -0.2) is 10.9 Å². The second-order valence-corrected chi connectivity index (χ2v) is 17.4. The minimum Gasteiger partial charge on any atom is -0.512 e. The molecule has 2 aromatic heterocycles. The third kappa shape index (κ3) is 8.03. The van der Waals surface area contributed by atoms with Gasteiger partial charge in [-0.25, -0.2) is 0 Å². The van der Waals surface area contributed by atoms with Gasteiger partial charge in [0.25, 0.3) is 0 Å². The molecule has 0 spiro atoms. The van der Waals surface area contributed by atoms with Crippen molar-refractivity contribution in [3.05, 3.63) is 103 Å². The number of thiophene rings is 1. The molecule has 5 aromatic rings. The van der Waals surface area contributed by atoms with E-state index in [4.69, 9.17) is 0 Å². The van der Waals surface area contributed by atoms with Gasteiger partial charge in [0.1, 0.15) is 5.76 Å². The zero-order chi connectivity index (χ0) is 37.3. The number of hydrogen-bond donors (Lipinski definition) is 1. The molecule has 2 heterocycles. The van der Waals surface area contributed by atoms with Crippen LogP contribution in [0.4, 0.5) is 0 Å². The van der Waals surface area contributed by atoms with Gasteiger partial charge < -0.3 is 9.67 Å². The molecule has 1 aliphatic carbocycles. The first-order valence-electron chi connectivity index (χ1n) is 19.2. The van der Waals surface area contributed by atoms with E-state index in [1.54, 1.807) is 0 Å². The normalized spacial score (nSPS) is 14.4. The summed E-state index contributed by atoms with van der Waals surface area (Å²) < 4.78 is 4.73. The topological polar surface area (TPSA) is 41.2 Å². The van der Waals surface area contributed by atoms with Crippen molar-refractivity contribution in [1.82, 2.24) is 0 Å². The zero-order valence-corrected chi connectivity index (χ0v) is 36.3. The van der Waals surface area contributed by atoms with Crippen LogP contribution >= 0.6 is 11.3 Å². The number of ketones is 1. The summed E-state index contributed by atoms with van der Waals surface area (Å²) in [5, 5.41) is 15.3. The van der Waals surface area contributed by atoms with Crippen molar-refractivity contribution >= 4 is 48.1 Å². The molecule has 1 N–H and O–H groups in total. The van der Waals surface area contributed by atoms with Crippen LogP contribution in [-0.2, 0) is 30.3 Å². The summed E-state index contributed by atoms with van der Waals surface area (Å²) in [6.07, 6.45) is 12.3. The minimum absolute atomic E-state index is 0. The number of hydrogen-bond acceptors (Lipinski definition) is 3. The molecular weight excluding hydrogens is 835 g/mol. The molecule has 0 bridgehead atoms. The van der Waals surface area contributed by atoms with Gasteiger partial charge in [0.15, 0.2) is 5.78 Å². The van der Waals surface area contributed by atoms with Gasteiger partial charge in [-0.15, -0.1) is 34.4 Å². The number of aliphatic hydroxyl groups excluding tert-OH is 1. The van der Waals surface area contributed by atoms with Crippen molar-refractivity contribution in [2.45, 2.75) is 125 Å². The zero-order valence-electron chi connectivity index (χ0n) is 33.0. The smallest absolute Gasteiger partial charge is 0.164 e. The standard InChI is InChI=1S/C32H32NS.C15H28O2.Ir/c1-20-23-12-8-9-13-24(23)28(32(2,3)4)19-27(20)30-31-26(16-17-33(30)5)25-15-14-22(18-29(25)34-31)21-10-6-7-11-21;1-7-14(5,8-2)12(16)11-13(17)15(6,9-3)10-4;/h8-9,12-19,21H,1,5-7,10-11H2,2-4H3;11,16H,7-10H2,1-6H3;/q-1;;/b;12-11-;. The molecule has 0 unspecified atom stereocenters. The van der Waals surface area contributed by atoms with Crippen molar-refractivity contribution in [2.75, 3.05) is 0 Å². The second kappa shape index (κ2) is 16.5. The molecule has 0 saturated heterocycles. The molecule has 1 saturated carbocycles. The maximum atomic E-state index is 12.2. The Kier molecular flexibility index (Phi) is 13.2. The van der Waals surface area contributed by atoms with E-state index >= 15 is 0 Å². The number of rotatable bonds is 9. The van der Waals surface area contributed by atoms with Crippen LogP contribution in [0.3, 0.4) is 0 Å². The summed E-state index contributed by atoms with van der Waals surface area (Å²) in [4.78, 5) is 12.2. The molecule has 0 amide bonds. The van der Waals surface area contributed by atoms with Crippen LogP contribution in [0, 0.1) is 24.8 Å². The van der Waals surface area contributed by atoms with Gasteiger partial charge in [0.2, 0.25) is 0 Å². The van der Waals surface area contributed by atoms with Gasteiger partial charge >= 0.3 is 0 Å². The molecule has 52 heavy (non-hydrogen) atoms. The first-order valence-corrected chi connectivity index (χ1v) is 20.0. The van der Waals surface area contributed by atoms with E-state index in [9.17, 15) is 9.90 Å². The number of pyridine rings is 1. The van der Waals surface area contributed by atoms with Gasteiger partial charge in [-0.05, 0) is 78.3 Å². The maximum absolute atomic E-state index is 12.2. The van der Waals surface area contributed by atoms with E-state index in [1.807, 2.05) is 57.4 Å². The van der Waals surface area contributed by atoms with Gasteiger partial charge in [-0.1, -0.05) is 116 Å². The van der Waals surface area contributed by atoms with Crippen LogP contribution in [0.2, 0.25) is 0 Å². The van der Waals surface area contributed by atoms with Crippen LogP contribution in [0.15, 0.2) is 72.6 Å². The number of fused-ring (bicyclic) bond motifs is 4. The summed E-state index contributed by atoms with van der Waals surface area (Å²) in [7, 11) is 4.41. The Morgan fingerprint density at radius 1 is 0.846 bits per heavy atom. The Morgan fingerprint density at radius 2 is 1.44 bits per heavy atom. The molecule has 0 atom stereocenters. The molecule has 1 fully saturated rings. The number of aromatic nitrogens is 1. The fourth-order valence-electron chi connectivity index (χ4n) is 7.58. The monoisotopic (exact) mass is 895 g/mol. The number of carbonyl (C=O) groups excluding carboxylic acids is 1. The van der Waals surface area contributed by atoms with Gasteiger partial charge in [0, 0.05) is 53.5 Å². The third-order valence-corrected chi connectivity index (χ3v) is 13.5. The number of carbonyl (C=O) groups is 1. The quantitative estimate of drug-likeness (QED) is 0.0693. The first-order chi connectivity index (χ1) is 24.1. The summed E-state index contributed by atoms with van der Waals surface area (Å²) in [5.41, 5.74) is 5.73. The number of allylic oxidation sites excluding steroid dienone is 2. The number of benzene rings is 3. The van der Waals surface area contributed by atoms with E-state index in [0.717, 1.165) is 37.2 Å². The van der Waals surface area contributed by atoms with Crippen molar-refractivity contribution in [1.29, 1.82) is 0 Å². The first kappa shape index (κ1) is 41.6. The van der Waals surface area contributed by atoms with Gasteiger partial charge in [-0.2, -0.15) is 12.5 Å². The summed E-state index contributed by atoms with van der Waals surface area (Å²) >= 11 is 1.91. The molecule has 1 radical (unpaired) electrons. The van der Waals surface area contributed by atoms with Crippen molar-refractivity contribution in [3.63, 3.8) is 0 Å². The van der Waals surface area contributed by atoms with E-state index in [-0.39, 0.29) is 47.9 Å². The van der Waals surface area contributed by atoms with E-state index in [0.29, 0.717) is 0 Å². The summed E-state index contributed by atoms with van der Waals surface area (Å²) in [6.45, 7) is 23.6. The largest absolute Gasteiger partial charge is 0.512 e. The van der Waals surface area contributed by atoms with Crippen LogP contribution in [0.1, 0.15) is 136 Å². The Balaban J connectivity index is 0.000000289. The molecule has 5 heteroatoms. The van der Waals surface area contributed by atoms with E-state index < -0.39 is 0 Å². The van der Waals surface area contributed by atoms with E-state index in [1.165, 1.54) is 85.1 Å². The van der Waals surface area contributed by atoms with Crippen LogP contribution in [0.25, 0.3) is 42.2 Å². The number of nitrogens with zero attached hydrogens (tertiary/aromatic N) is 1. The fraction of sp³-hybridized carbons (Fsp3) is 0.447. The predicted molar refractivity (Wildman–Crippen MR) is 221 cm³/mol. The molecule has 6 rings (SSSR count). The molecular formula is C47H60IrNO2S-. The molecule has 281 valence electrons. The molecule has 1 aliphatic rings. The molecule has 0 aliphatic heterocycles. The second-order valence-electron chi connectivity index (χ2n) is 16.4.